The van der Waals surface area contributed by atoms with Crippen molar-refractivity contribution in [1.82, 2.24) is 4.90 Å². The molecule has 22 heavy (non-hydrogen) atoms. The van der Waals surface area contributed by atoms with Crippen molar-refractivity contribution in [2.75, 3.05) is 13.6 Å². The summed E-state index contributed by atoms with van der Waals surface area (Å²) in [7, 11) is 2.29. The molecule has 5 rings (SSSR count). The van der Waals surface area contributed by atoms with Crippen molar-refractivity contribution in [2.45, 2.75) is 50.5 Å². The lowest BCUT2D eigenvalue weighted by Crippen LogP contribution is -2.59. The molecule has 0 aromatic heterocycles. The van der Waals surface area contributed by atoms with Crippen LogP contribution in [-0.4, -0.2) is 29.1 Å². The Morgan fingerprint density at radius 2 is 1.73 bits per heavy atom. The number of hydrogen-bond acceptors (Lipinski definition) is 2. The molecule has 0 unspecified atom stereocenters. The van der Waals surface area contributed by atoms with Crippen molar-refractivity contribution in [2.24, 2.45) is 17.8 Å². The third kappa shape index (κ3) is 2.60. The average molecular weight is 364 g/mol. The molecule has 4 fully saturated rings. The molecule has 0 saturated heterocycles. The molecule has 0 aromatic rings. The Balaban J connectivity index is 1.53. The number of nitrogens with zero attached hydrogens (tertiary/aromatic N) is 1. The molecule has 0 atom stereocenters. The van der Waals surface area contributed by atoms with Crippen molar-refractivity contribution < 1.29 is 5.11 Å². The molecule has 0 spiro atoms. The predicted molar refractivity (Wildman–Crippen MR) is 94.0 cm³/mol. The molecule has 4 saturated carbocycles. The highest BCUT2D eigenvalue weighted by atomic mass is 79.9. The van der Waals surface area contributed by atoms with Gasteiger partial charge in [0.05, 0.1) is 0 Å². The molecule has 5 aliphatic rings. The van der Waals surface area contributed by atoms with Crippen LogP contribution in [0.1, 0.15) is 44.9 Å². The van der Waals surface area contributed by atoms with E-state index in [4.69, 9.17) is 0 Å². The van der Waals surface area contributed by atoms with Crippen LogP contribution in [0, 0.1) is 17.8 Å². The molecule has 3 heteroatoms. The van der Waals surface area contributed by atoms with Crippen LogP contribution in [0.3, 0.4) is 0 Å². The number of rotatable bonds is 3. The van der Waals surface area contributed by atoms with E-state index in [1.165, 1.54) is 38.5 Å². The largest absolute Gasteiger partial charge is 0.508 e. The zero-order chi connectivity index (χ0) is 15.3. The van der Waals surface area contributed by atoms with E-state index in [1.54, 1.807) is 0 Å². The number of allylic oxidation sites excluding steroid dienone is 4. The first-order valence-electron chi connectivity index (χ1n) is 8.70. The van der Waals surface area contributed by atoms with E-state index < -0.39 is 0 Å². The van der Waals surface area contributed by atoms with Gasteiger partial charge in [-0.15, -0.1) is 0 Å². The Morgan fingerprint density at radius 1 is 1.14 bits per heavy atom. The normalized spacial score (nSPS) is 40.3. The standard InChI is InChI=1S/C19H26BrNO/c1-21(12-16-2-3-17(20)4-5-18(16)22)19-9-13-6-14(10-19)8-15(7-13)11-19/h3-5,13-15,22H,2,6-12H2,1H3. The number of hydrogen-bond donors (Lipinski definition) is 1. The lowest BCUT2D eigenvalue weighted by atomic mass is 9.52. The van der Waals surface area contributed by atoms with Gasteiger partial charge in [0.2, 0.25) is 0 Å². The quantitative estimate of drug-likeness (QED) is 0.767. The first-order valence-corrected chi connectivity index (χ1v) is 9.49. The van der Waals surface area contributed by atoms with Crippen molar-refractivity contribution in [3.05, 3.63) is 34.0 Å². The van der Waals surface area contributed by atoms with Crippen LogP contribution in [0.4, 0.5) is 0 Å². The summed E-state index contributed by atoms with van der Waals surface area (Å²) in [6.45, 7) is 0.902. The zero-order valence-corrected chi connectivity index (χ0v) is 15.0. The number of likely N-dealkylation sites (N-methyl/N-ethyl adjacent to an activating group) is 1. The van der Waals surface area contributed by atoms with Crippen LogP contribution >= 0.6 is 15.9 Å². The molecule has 5 aliphatic carbocycles. The van der Waals surface area contributed by atoms with Crippen LogP contribution in [0.15, 0.2) is 34.0 Å². The zero-order valence-electron chi connectivity index (χ0n) is 13.4. The Bertz CT molecular complexity index is 524. The van der Waals surface area contributed by atoms with E-state index >= 15 is 0 Å². The summed E-state index contributed by atoms with van der Waals surface area (Å²) in [5.74, 6) is 3.38. The van der Waals surface area contributed by atoms with Crippen LogP contribution in [0.25, 0.3) is 0 Å². The van der Waals surface area contributed by atoms with E-state index in [1.807, 2.05) is 12.2 Å². The molecule has 0 heterocycles. The maximum Gasteiger partial charge on any atom is 0.116 e. The number of halogens is 1. The first kappa shape index (κ1) is 15.0. The second kappa shape index (κ2) is 5.52. The summed E-state index contributed by atoms with van der Waals surface area (Å²) in [5.41, 5.74) is 1.57. The molecule has 0 aliphatic heterocycles. The minimum Gasteiger partial charge on any atom is -0.508 e. The molecular formula is C19H26BrNO. The molecule has 4 bridgehead atoms. The second-order valence-electron chi connectivity index (χ2n) is 8.11. The van der Waals surface area contributed by atoms with E-state index in [2.05, 4.69) is 34.0 Å². The minimum atomic E-state index is 0.416. The van der Waals surface area contributed by atoms with Crippen molar-refractivity contribution in [1.29, 1.82) is 0 Å². The highest BCUT2D eigenvalue weighted by Crippen LogP contribution is 2.57. The summed E-state index contributed by atoms with van der Waals surface area (Å²) < 4.78 is 1.06. The summed E-state index contributed by atoms with van der Waals surface area (Å²) in [5, 5.41) is 10.3. The topological polar surface area (TPSA) is 23.5 Å². The van der Waals surface area contributed by atoms with Gasteiger partial charge in [-0.05, 0) is 87.5 Å². The highest BCUT2D eigenvalue weighted by Gasteiger charge is 2.52. The van der Waals surface area contributed by atoms with Gasteiger partial charge in [-0.25, -0.2) is 0 Å². The molecule has 2 nitrogen and oxygen atoms in total. The van der Waals surface area contributed by atoms with Crippen molar-refractivity contribution in [3.63, 3.8) is 0 Å². The fourth-order valence-electron chi connectivity index (χ4n) is 5.80. The van der Waals surface area contributed by atoms with Crippen molar-refractivity contribution >= 4 is 15.9 Å². The first-order chi connectivity index (χ1) is 10.5. The van der Waals surface area contributed by atoms with Crippen LogP contribution in [-0.2, 0) is 0 Å². The summed E-state index contributed by atoms with van der Waals surface area (Å²) in [6.07, 6.45) is 15.4. The fourth-order valence-corrected chi connectivity index (χ4v) is 6.10. The Hall–Kier alpha value is -0.540. The van der Waals surface area contributed by atoms with Crippen LogP contribution in [0.5, 0.6) is 0 Å². The summed E-state index contributed by atoms with van der Waals surface area (Å²) >= 11 is 3.51. The molecular weight excluding hydrogens is 338 g/mol. The van der Waals surface area contributed by atoms with E-state index in [-0.39, 0.29) is 0 Å². The van der Waals surface area contributed by atoms with Gasteiger partial charge in [0.25, 0.3) is 0 Å². The third-order valence-corrected chi connectivity index (χ3v) is 7.14. The predicted octanol–water partition coefficient (Wildman–Crippen LogP) is 4.94. The Labute approximate surface area is 142 Å². The lowest BCUT2D eigenvalue weighted by Gasteiger charge is -2.60. The van der Waals surface area contributed by atoms with Gasteiger partial charge in [0.15, 0.2) is 0 Å². The van der Waals surface area contributed by atoms with Gasteiger partial charge in [0, 0.05) is 16.6 Å². The maximum atomic E-state index is 10.3. The number of aliphatic hydroxyl groups is 1. The smallest absolute Gasteiger partial charge is 0.116 e. The monoisotopic (exact) mass is 363 g/mol. The minimum absolute atomic E-state index is 0.416. The molecule has 120 valence electrons. The van der Waals surface area contributed by atoms with Gasteiger partial charge in [-0.1, -0.05) is 22.0 Å². The average Bonchev–Trinajstić information content (AvgIpc) is 2.61. The second-order valence-corrected chi connectivity index (χ2v) is 9.03. The Kier molecular flexibility index (Phi) is 3.77. The highest BCUT2D eigenvalue weighted by molar-refractivity contribution is 9.11. The SMILES string of the molecule is CN(CC1=C(O)C=CC(Br)=CC1)C12CC3CC(CC(C3)C1)C2. The molecule has 0 amide bonds. The maximum absolute atomic E-state index is 10.3. The Morgan fingerprint density at radius 3 is 2.32 bits per heavy atom. The molecule has 1 N–H and O–H groups in total. The molecule has 0 radical (unpaired) electrons. The third-order valence-electron chi connectivity index (χ3n) is 6.55. The van der Waals surface area contributed by atoms with E-state index in [0.717, 1.165) is 40.8 Å². The van der Waals surface area contributed by atoms with E-state index in [0.29, 0.717) is 11.3 Å². The molecule has 0 aromatic carbocycles. The summed E-state index contributed by atoms with van der Waals surface area (Å²) in [6, 6.07) is 0. The van der Waals surface area contributed by atoms with Gasteiger partial charge in [0.1, 0.15) is 5.76 Å². The van der Waals surface area contributed by atoms with Crippen molar-refractivity contribution in [3.8, 4) is 0 Å². The van der Waals surface area contributed by atoms with Gasteiger partial charge in [-0.3, -0.25) is 4.90 Å². The summed E-state index contributed by atoms with van der Waals surface area (Å²) in [4.78, 5) is 2.59. The van der Waals surface area contributed by atoms with Gasteiger partial charge >= 0.3 is 0 Å². The number of aliphatic hydroxyl groups excluding tert-OH is 1. The van der Waals surface area contributed by atoms with E-state index in [9.17, 15) is 5.11 Å². The fraction of sp³-hybridized carbons (Fsp3) is 0.684. The van der Waals surface area contributed by atoms with Gasteiger partial charge < -0.3 is 5.11 Å². The van der Waals surface area contributed by atoms with Crippen LogP contribution in [0.2, 0.25) is 0 Å². The van der Waals surface area contributed by atoms with Gasteiger partial charge in [-0.2, -0.15) is 0 Å². The van der Waals surface area contributed by atoms with Crippen LogP contribution < -0.4 is 0 Å². The lowest BCUT2D eigenvalue weighted by molar-refractivity contribution is -0.0761.